The van der Waals surface area contributed by atoms with Gasteiger partial charge in [0.1, 0.15) is 12.2 Å². The van der Waals surface area contributed by atoms with Crippen LogP contribution < -0.4 is 4.74 Å². The predicted octanol–water partition coefficient (Wildman–Crippen LogP) is 0.486. The number of imidazole rings is 1. The topological polar surface area (TPSA) is 87.2 Å². The lowest BCUT2D eigenvalue weighted by molar-refractivity contribution is -0.0784. The Morgan fingerprint density at radius 2 is 2.05 bits per heavy atom. The lowest BCUT2D eigenvalue weighted by Crippen LogP contribution is -2.50. The molecule has 1 aliphatic rings. The third-order valence-electron chi connectivity index (χ3n) is 3.79. The number of aliphatic hydroxyl groups is 3. The molecule has 0 unspecified atom stereocenters. The first-order valence-electron chi connectivity index (χ1n) is 6.76. The first kappa shape index (κ1) is 14.6. The number of fused-ring (bicyclic) bond motifs is 1. The summed E-state index contributed by atoms with van der Waals surface area (Å²) in [6.45, 7) is 3.90. The van der Waals surface area contributed by atoms with Crippen LogP contribution in [0.5, 0.6) is 5.75 Å². The molecule has 0 radical (unpaired) electrons. The maximum absolute atomic E-state index is 10.0. The number of aromatic nitrogens is 2. The number of hydrogen-bond donors (Lipinski definition) is 3. The molecule has 0 amide bonds. The van der Waals surface area contributed by atoms with Crippen molar-refractivity contribution in [2.75, 3.05) is 5.75 Å². The molecule has 7 heteroatoms. The maximum Gasteiger partial charge on any atom is 0.180 e. The second kappa shape index (κ2) is 5.49. The van der Waals surface area contributed by atoms with E-state index in [0.717, 1.165) is 11.4 Å². The Labute approximate surface area is 126 Å². The zero-order valence-corrected chi connectivity index (χ0v) is 12.6. The highest BCUT2D eigenvalue weighted by Crippen LogP contribution is 2.31. The van der Waals surface area contributed by atoms with Gasteiger partial charge in [0.25, 0.3) is 0 Å². The molecule has 0 aliphatic carbocycles. The average Bonchev–Trinajstić information content (AvgIpc) is 2.76. The molecule has 0 aromatic carbocycles. The number of rotatable bonds is 2. The highest BCUT2D eigenvalue weighted by atomic mass is 32.2. The summed E-state index contributed by atoms with van der Waals surface area (Å²) in [5.74, 6) is 0.868. The van der Waals surface area contributed by atoms with E-state index >= 15 is 0 Å². The minimum absolute atomic E-state index is 0.318. The third kappa shape index (κ3) is 2.50. The predicted molar refractivity (Wildman–Crippen MR) is 79.6 cm³/mol. The van der Waals surface area contributed by atoms with Crippen molar-refractivity contribution >= 4 is 17.4 Å². The minimum Gasteiger partial charge on any atom is -0.473 e. The molecule has 1 saturated heterocycles. The maximum atomic E-state index is 10.0. The summed E-state index contributed by atoms with van der Waals surface area (Å²) < 4.78 is 7.75. The first-order valence-corrected chi connectivity index (χ1v) is 7.80. The Hall–Kier alpha value is -1.28. The molecule has 21 heavy (non-hydrogen) atoms. The van der Waals surface area contributed by atoms with Gasteiger partial charge < -0.3 is 24.5 Å². The number of aryl methyl sites for hydroxylation is 2. The van der Waals surface area contributed by atoms with Gasteiger partial charge >= 0.3 is 0 Å². The smallest absolute Gasteiger partial charge is 0.180 e. The van der Waals surface area contributed by atoms with E-state index in [2.05, 4.69) is 4.98 Å². The molecule has 6 nitrogen and oxygen atoms in total. The fourth-order valence-corrected chi connectivity index (χ4v) is 3.49. The van der Waals surface area contributed by atoms with E-state index in [1.165, 1.54) is 11.8 Å². The highest BCUT2D eigenvalue weighted by Gasteiger charge is 2.38. The molecule has 114 valence electrons. The van der Waals surface area contributed by atoms with Crippen LogP contribution in [0.4, 0.5) is 0 Å². The van der Waals surface area contributed by atoms with Crippen LogP contribution in [-0.4, -0.2) is 54.2 Å². The van der Waals surface area contributed by atoms with Gasteiger partial charge in [0.15, 0.2) is 16.8 Å². The van der Waals surface area contributed by atoms with E-state index in [1.54, 1.807) is 6.07 Å². The lowest BCUT2D eigenvalue weighted by atomic mass is 10.1. The summed E-state index contributed by atoms with van der Waals surface area (Å²) in [6.07, 6.45) is -1.37. The molecule has 2 aromatic rings. The van der Waals surface area contributed by atoms with Gasteiger partial charge in [0, 0.05) is 17.6 Å². The number of aliphatic hydroxyl groups excluding tert-OH is 3. The summed E-state index contributed by atoms with van der Waals surface area (Å²) in [5.41, 5.74) is 1.99. The van der Waals surface area contributed by atoms with Crippen molar-refractivity contribution in [3.05, 3.63) is 29.7 Å². The lowest BCUT2D eigenvalue weighted by Gasteiger charge is -2.34. The van der Waals surface area contributed by atoms with Crippen LogP contribution in [0, 0.1) is 13.8 Å². The number of hydrogen-bond acceptors (Lipinski definition) is 6. The summed E-state index contributed by atoms with van der Waals surface area (Å²) in [6, 6.07) is 3.63. The molecule has 1 fully saturated rings. The zero-order valence-electron chi connectivity index (χ0n) is 11.8. The normalized spacial score (nSPS) is 29.8. The number of ether oxygens (including phenoxy) is 1. The van der Waals surface area contributed by atoms with Crippen molar-refractivity contribution in [1.29, 1.82) is 0 Å². The summed E-state index contributed by atoms with van der Waals surface area (Å²) in [7, 11) is 0. The summed E-state index contributed by atoms with van der Waals surface area (Å²) in [5, 5.41) is 29.3. The number of pyridine rings is 1. The van der Waals surface area contributed by atoms with Crippen LogP contribution in [-0.2, 0) is 0 Å². The van der Waals surface area contributed by atoms with Gasteiger partial charge in [0.2, 0.25) is 0 Å². The highest BCUT2D eigenvalue weighted by molar-refractivity contribution is 7.99. The molecule has 0 saturated carbocycles. The second-order valence-electron chi connectivity index (χ2n) is 5.22. The number of thioether (sulfide) groups is 1. The van der Waals surface area contributed by atoms with E-state index in [0.29, 0.717) is 17.1 Å². The molecule has 3 heterocycles. The first-order chi connectivity index (χ1) is 9.99. The van der Waals surface area contributed by atoms with E-state index in [9.17, 15) is 15.3 Å². The largest absolute Gasteiger partial charge is 0.473 e. The van der Waals surface area contributed by atoms with Crippen molar-refractivity contribution in [2.24, 2.45) is 0 Å². The third-order valence-corrected chi connectivity index (χ3v) is 5.02. The van der Waals surface area contributed by atoms with Crippen LogP contribution in [0.3, 0.4) is 0 Å². The van der Waals surface area contributed by atoms with Crippen molar-refractivity contribution in [3.63, 3.8) is 0 Å². The SMILES string of the molecule is Cc1nc2c(O[C@@H]3SC[C@@H](O)[C@H](O)[C@H]3O)cccn2c1C. The summed E-state index contributed by atoms with van der Waals surface area (Å²) in [4.78, 5) is 4.47. The average molecular weight is 310 g/mol. The van der Waals surface area contributed by atoms with Crippen LogP contribution in [0.2, 0.25) is 0 Å². The monoisotopic (exact) mass is 310 g/mol. The van der Waals surface area contributed by atoms with Gasteiger partial charge in [-0.15, -0.1) is 11.8 Å². The Kier molecular flexibility index (Phi) is 3.83. The van der Waals surface area contributed by atoms with E-state index in [-0.39, 0.29) is 0 Å². The molecule has 3 rings (SSSR count). The van der Waals surface area contributed by atoms with Crippen molar-refractivity contribution in [1.82, 2.24) is 9.38 Å². The fourth-order valence-electron chi connectivity index (χ4n) is 2.37. The molecule has 4 atom stereocenters. The molecule has 3 N–H and O–H groups in total. The van der Waals surface area contributed by atoms with Crippen LogP contribution in [0.25, 0.3) is 5.65 Å². The van der Waals surface area contributed by atoms with Crippen LogP contribution in [0.1, 0.15) is 11.4 Å². The summed E-state index contributed by atoms with van der Waals surface area (Å²) >= 11 is 1.28. The molecule has 1 aliphatic heterocycles. The number of nitrogens with zero attached hydrogens (tertiary/aromatic N) is 2. The van der Waals surface area contributed by atoms with E-state index in [4.69, 9.17) is 4.74 Å². The van der Waals surface area contributed by atoms with Gasteiger partial charge in [-0.3, -0.25) is 0 Å². The van der Waals surface area contributed by atoms with Crippen molar-refractivity contribution in [3.8, 4) is 5.75 Å². The van der Waals surface area contributed by atoms with Crippen molar-refractivity contribution in [2.45, 2.75) is 37.6 Å². The van der Waals surface area contributed by atoms with Gasteiger partial charge in [-0.1, -0.05) is 0 Å². The van der Waals surface area contributed by atoms with Crippen LogP contribution >= 0.6 is 11.8 Å². The Morgan fingerprint density at radius 1 is 1.29 bits per heavy atom. The zero-order chi connectivity index (χ0) is 15.1. The Morgan fingerprint density at radius 3 is 2.81 bits per heavy atom. The molecular formula is C14H18N2O4S. The molecule has 2 aromatic heterocycles. The van der Waals surface area contributed by atoms with E-state index < -0.39 is 23.7 Å². The molecular weight excluding hydrogens is 292 g/mol. The molecule has 0 spiro atoms. The molecule has 0 bridgehead atoms. The van der Waals surface area contributed by atoms with Crippen molar-refractivity contribution < 1.29 is 20.1 Å². The van der Waals surface area contributed by atoms with Gasteiger partial charge in [-0.2, -0.15) is 0 Å². The minimum atomic E-state index is -1.20. The Balaban J connectivity index is 1.90. The quantitative estimate of drug-likeness (QED) is 0.748. The van der Waals surface area contributed by atoms with E-state index in [1.807, 2.05) is 30.5 Å². The second-order valence-corrected chi connectivity index (χ2v) is 6.35. The van der Waals surface area contributed by atoms with Crippen LogP contribution in [0.15, 0.2) is 18.3 Å². The standard InChI is InChI=1S/C14H18N2O4S/c1-7-8(2)16-5-3-4-10(13(16)15-7)20-14-12(19)11(18)9(17)6-21-14/h3-5,9,11-12,14,17-19H,6H2,1-2H3/t9-,11+,12-,14-/m1/s1. The van der Waals surface area contributed by atoms with Gasteiger partial charge in [-0.25, -0.2) is 4.98 Å². The van der Waals surface area contributed by atoms with Gasteiger partial charge in [-0.05, 0) is 26.0 Å². The Bertz CT molecular complexity index is 660. The fraction of sp³-hybridized carbons (Fsp3) is 0.500. The van der Waals surface area contributed by atoms with Gasteiger partial charge in [0.05, 0.1) is 11.8 Å².